The summed E-state index contributed by atoms with van der Waals surface area (Å²) in [6.07, 6.45) is 0. The van der Waals surface area contributed by atoms with Crippen LogP contribution >= 0.6 is 11.5 Å². The van der Waals surface area contributed by atoms with Crippen LogP contribution in [0.25, 0.3) is 0 Å². The van der Waals surface area contributed by atoms with Crippen molar-refractivity contribution in [2.45, 2.75) is 13.8 Å². The number of anilines is 1. The Morgan fingerprint density at radius 2 is 2.00 bits per heavy atom. The first-order valence-electron chi connectivity index (χ1n) is 5.91. The van der Waals surface area contributed by atoms with E-state index in [9.17, 15) is 14.4 Å². The van der Waals surface area contributed by atoms with Gasteiger partial charge in [0, 0.05) is 11.5 Å². The standard InChI is InChI=1S/C11H12N4O5S/c1-3-19-10(17)6(5-12)8(16)13-9-7(14-15-21-9)11(18)20-4-2/h6H,3-4H2,1-2H3,(H,13,16)/t6-/m1/s1. The molecule has 1 aromatic rings. The molecule has 1 atom stereocenters. The quantitative estimate of drug-likeness (QED) is 0.588. The maximum absolute atomic E-state index is 11.9. The van der Waals surface area contributed by atoms with Gasteiger partial charge in [-0.25, -0.2) is 4.79 Å². The number of carbonyl (C=O) groups excluding carboxylic acids is 3. The summed E-state index contributed by atoms with van der Waals surface area (Å²) in [5, 5.41) is 14.6. The number of aromatic nitrogens is 2. The third-order valence-electron chi connectivity index (χ3n) is 2.11. The number of carbonyl (C=O) groups is 3. The van der Waals surface area contributed by atoms with Crippen LogP contribution in [0.2, 0.25) is 0 Å². The number of hydrogen-bond donors (Lipinski definition) is 1. The molecule has 0 aliphatic heterocycles. The largest absolute Gasteiger partial charge is 0.465 e. The molecule has 0 fully saturated rings. The van der Waals surface area contributed by atoms with Gasteiger partial charge in [-0.2, -0.15) is 5.26 Å². The molecule has 0 aliphatic rings. The van der Waals surface area contributed by atoms with Gasteiger partial charge in [-0.3, -0.25) is 9.59 Å². The van der Waals surface area contributed by atoms with Crippen molar-refractivity contribution >= 4 is 34.4 Å². The van der Waals surface area contributed by atoms with E-state index in [2.05, 4.69) is 19.6 Å². The summed E-state index contributed by atoms with van der Waals surface area (Å²) in [7, 11) is 0. The molecule has 0 spiro atoms. The molecule has 21 heavy (non-hydrogen) atoms. The van der Waals surface area contributed by atoms with E-state index < -0.39 is 23.8 Å². The van der Waals surface area contributed by atoms with Crippen molar-refractivity contribution in [2.24, 2.45) is 5.92 Å². The van der Waals surface area contributed by atoms with Crippen LogP contribution in [0.15, 0.2) is 0 Å². The molecule has 1 amide bonds. The maximum atomic E-state index is 11.9. The number of amides is 1. The lowest BCUT2D eigenvalue weighted by Crippen LogP contribution is -2.30. The Labute approximate surface area is 124 Å². The molecular weight excluding hydrogens is 300 g/mol. The summed E-state index contributed by atoms with van der Waals surface area (Å²) >= 11 is 0.730. The molecule has 1 rings (SSSR count). The Morgan fingerprint density at radius 3 is 2.57 bits per heavy atom. The molecule has 10 heteroatoms. The second-order valence-corrected chi connectivity index (χ2v) is 4.23. The summed E-state index contributed by atoms with van der Waals surface area (Å²) < 4.78 is 12.9. The predicted molar refractivity (Wildman–Crippen MR) is 70.2 cm³/mol. The number of nitriles is 1. The fourth-order valence-electron chi connectivity index (χ4n) is 1.23. The van der Waals surface area contributed by atoms with Crippen LogP contribution in [0.4, 0.5) is 5.00 Å². The van der Waals surface area contributed by atoms with Gasteiger partial charge in [0.2, 0.25) is 11.6 Å². The van der Waals surface area contributed by atoms with E-state index in [-0.39, 0.29) is 23.9 Å². The van der Waals surface area contributed by atoms with Crippen LogP contribution in [0.3, 0.4) is 0 Å². The second-order valence-electron chi connectivity index (χ2n) is 3.47. The van der Waals surface area contributed by atoms with Gasteiger partial charge in [0.05, 0.1) is 19.3 Å². The summed E-state index contributed by atoms with van der Waals surface area (Å²) in [6, 6.07) is 1.53. The third kappa shape index (κ3) is 4.22. The molecule has 0 radical (unpaired) electrons. The van der Waals surface area contributed by atoms with Crippen molar-refractivity contribution in [1.29, 1.82) is 5.26 Å². The molecule has 0 saturated carbocycles. The van der Waals surface area contributed by atoms with Crippen molar-refractivity contribution in [3.63, 3.8) is 0 Å². The first-order valence-corrected chi connectivity index (χ1v) is 6.69. The lowest BCUT2D eigenvalue weighted by atomic mass is 10.1. The monoisotopic (exact) mass is 312 g/mol. The molecule has 1 aromatic heterocycles. The van der Waals surface area contributed by atoms with Crippen LogP contribution < -0.4 is 5.32 Å². The van der Waals surface area contributed by atoms with Crippen molar-refractivity contribution in [3.05, 3.63) is 5.69 Å². The van der Waals surface area contributed by atoms with Crippen LogP contribution in [0, 0.1) is 17.2 Å². The summed E-state index contributed by atoms with van der Waals surface area (Å²) in [5.74, 6) is -4.28. The highest BCUT2D eigenvalue weighted by atomic mass is 32.1. The van der Waals surface area contributed by atoms with Gasteiger partial charge in [0.1, 0.15) is 0 Å². The SMILES string of the molecule is CCOC(=O)c1nnsc1NC(=O)[C@@H](C#N)C(=O)OCC. The topological polar surface area (TPSA) is 131 Å². The van der Waals surface area contributed by atoms with E-state index in [1.807, 2.05) is 0 Å². The molecular formula is C11H12N4O5S. The van der Waals surface area contributed by atoms with E-state index in [0.29, 0.717) is 0 Å². The fourth-order valence-corrected chi connectivity index (χ4v) is 1.79. The zero-order chi connectivity index (χ0) is 15.8. The summed E-state index contributed by atoms with van der Waals surface area (Å²) in [4.78, 5) is 34.9. The number of nitrogens with zero attached hydrogens (tertiary/aromatic N) is 3. The van der Waals surface area contributed by atoms with E-state index in [0.717, 1.165) is 11.5 Å². The molecule has 0 bridgehead atoms. The Balaban J connectivity index is 2.84. The van der Waals surface area contributed by atoms with Crippen LogP contribution in [-0.4, -0.2) is 40.6 Å². The van der Waals surface area contributed by atoms with Crippen molar-refractivity contribution < 1.29 is 23.9 Å². The van der Waals surface area contributed by atoms with Crippen molar-refractivity contribution in [3.8, 4) is 6.07 Å². The van der Waals surface area contributed by atoms with Crippen LogP contribution in [0.5, 0.6) is 0 Å². The normalized spacial score (nSPS) is 11.1. The molecule has 9 nitrogen and oxygen atoms in total. The lowest BCUT2D eigenvalue weighted by Gasteiger charge is -2.08. The highest BCUT2D eigenvalue weighted by Gasteiger charge is 2.30. The summed E-state index contributed by atoms with van der Waals surface area (Å²) in [6.45, 7) is 3.34. The Hall–Kier alpha value is -2.54. The van der Waals surface area contributed by atoms with Gasteiger partial charge in [-0.15, -0.1) is 5.10 Å². The van der Waals surface area contributed by atoms with Crippen LogP contribution in [0.1, 0.15) is 24.3 Å². The average molecular weight is 312 g/mol. The highest BCUT2D eigenvalue weighted by molar-refractivity contribution is 7.10. The first kappa shape index (κ1) is 16.5. The molecule has 1 N–H and O–H groups in total. The molecule has 0 unspecified atom stereocenters. The third-order valence-corrected chi connectivity index (χ3v) is 2.75. The van der Waals surface area contributed by atoms with E-state index >= 15 is 0 Å². The van der Waals surface area contributed by atoms with Gasteiger partial charge in [-0.05, 0) is 13.8 Å². The average Bonchev–Trinajstić information content (AvgIpc) is 2.88. The number of hydrogen-bond acceptors (Lipinski definition) is 9. The van der Waals surface area contributed by atoms with E-state index in [4.69, 9.17) is 10.00 Å². The van der Waals surface area contributed by atoms with E-state index in [1.165, 1.54) is 6.07 Å². The van der Waals surface area contributed by atoms with E-state index in [1.54, 1.807) is 13.8 Å². The van der Waals surface area contributed by atoms with Gasteiger partial charge < -0.3 is 14.8 Å². The zero-order valence-electron chi connectivity index (χ0n) is 11.3. The zero-order valence-corrected chi connectivity index (χ0v) is 12.1. The highest BCUT2D eigenvalue weighted by Crippen LogP contribution is 2.19. The minimum absolute atomic E-state index is 0.00278. The molecule has 0 aliphatic carbocycles. The lowest BCUT2D eigenvalue weighted by molar-refractivity contribution is -0.148. The minimum Gasteiger partial charge on any atom is -0.465 e. The minimum atomic E-state index is -1.64. The number of nitrogens with one attached hydrogen (secondary N) is 1. The first-order chi connectivity index (χ1) is 10.0. The van der Waals surface area contributed by atoms with Gasteiger partial charge in [-0.1, -0.05) is 4.49 Å². The molecule has 0 aromatic carbocycles. The number of ether oxygens (including phenoxy) is 2. The molecule has 1 heterocycles. The van der Waals surface area contributed by atoms with Gasteiger partial charge >= 0.3 is 11.9 Å². The maximum Gasteiger partial charge on any atom is 0.362 e. The van der Waals surface area contributed by atoms with Crippen molar-refractivity contribution in [1.82, 2.24) is 9.59 Å². The fraction of sp³-hybridized carbons (Fsp3) is 0.455. The Kier molecular flexibility index (Phi) is 6.22. The predicted octanol–water partition coefficient (Wildman–Crippen LogP) is 0.356. The molecule has 0 saturated heterocycles. The van der Waals surface area contributed by atoms with Crippen LogP contribution in [-0.2, 0) is 19.1 Å². The number of rotatable bonds is 6. The smallest absolute Gasteiger partial charge is 0.362 e. The Morgan fingerprint density at radius 1 is 1.33 bits per heavy atom. The van der Waals surface area contributed by atoms with Gasteiger partial charge in [0.15, 0.2) is 5.00 Å². The summed E-state index contributed by atoms with van der Waals surface area (Å²) in [5.41, 5.74) is -0.184. The van der Waals surface area contributed by atoms with Crippen molar-refractivity contribution in [2.75, 3.05) is 18.5 Å². The second kappa shape index (κ2) is 7.91. The molecule has 112 valence electrons. The van der Waals surface area contributed by atoms with Gasteiger partial charge in [0.25, 0.3) is 5.91 Å². The Bertz CT molecular complexity index is 579. The number of esters is 2.